The maximum atomic E-state index is 12.1. The lowest BCUT2D eigenvalue weighted by atomic mass is 10.2. The summed E-state index contributed by atoms with van der Waals surface area (Å²) in [4.78, 5) is 20.7. The van der Waals surface area contributed by atoms with E-state index in [2.05, 4.69) is 31.0 Å². The highest BCUT2D eigenvalue weighted by molar-refractivity contribution is 5.94. The number of ether oxygens (including phenoxy) is 1. The molecule has 3 N–H and O–H groups in total. The van der Waals surface area contributed by atoms with Crippen LogP contribution >= 0.6 is 0 Å². The molecule has 0 saturated carbocycles. The van der Waals surface area contributed by atoms with Gasteiger partial charge in [0, 0.05) is 32.2 Å². The maximum Gasteiger partial charge on any atom is 0.251 e. The van der Waals surface area contributed by atoms with Crippen LogP contribution in [0, 0.1) is 0 Å². The second-order valence-corrected chi connectivity index (χ2v) is 5.41. The van der Waals surface area contributed by atoms with Crippen molar-refractivity contribution in [1.29, 1.82) is 0 Å². The summed E-state index contributed by atoms with van der Waals surface area (Å²) in [6.07, 6.45) is 1.50. The van der Waals surface area contributed by atoms with Gasteiger partial charge in [-0.3, -0.25) is 9.48 Å². The van der Waals surface area contributed by atoms with Crippen molar-refractivity contribution in [3.8, 4) is 5.75 Å². The number of hydrogen-bond donors (Lipinski definition) is 3. The fraction of sp³-hybridized carbons (Fsp3) is 0.412. The summed E-state index contributed by atoms with van der Waals surface area (Å²) in [5.41, 5.74) is 0.591. The highest BCUT2D eigenvalue weighted by Crippen LogP contribution is 2.10. The minimum atomic E-state index is -0.129. The van der Waals surface area contributed by atoms with Gasteiger partial charge in [-0.2, -0.15) is 5.10 Å². The second-order valence-electron chi connectivity index (χ2n) is 5.41. The van der Waals surface area contributed by atoms with Gasteiger partial charge >= 0.3 is 0 Å². The summed E-state index contributed by atoms with van der Waals surface area (Å²) in [5.74, 6) is 2.03. The van der Waals surface area contributed by atoms with Crippen LogP contribution in [-0.2, 0) is 13.6 Å². The Balaban J connectivity index is 1.77. The third-order valence-electron chi connectivity index (χ3n) is 3.58. The molecule has 9 heteroatoms. The van der Waals surface area contributed by atoms with Crippen molar-refractivity contribution in [2.24, 2.45) is 12.0 Å². The van der Waals surface area contributed by atoms with Gasteiger partial charge in [0.1, 0.15) is 24.4 Å². The summed E-state index contributed by atoms with van der Waals surface area (Å²) in [6.45, 7) is 4.17. The first-order chi connectivity index (χ1) is 12.6. The largest absolute Gasteiger partial charge is 0.497 e. The molecule has 0 spiro atoms. The van der Waals surface area contributed by atoms with Crippen LogP contribution in [0.4, 0.5) is 0 Å². The lowest BCUT2D eigenvalue weighted by Gasteiger charge is -2.12. The van der Waals surface area contributed by atoms with Crippen molar-refractivity contribution in [2.45, 2.75) is 13.5 Å². The molecule has 1 aromatic carbocycles. The van der Waals surface area contributed by atoms with Crippen molar-refractivity contribution in [3.63, 3.8) is 0 Å². The third-order valence-corrected chi connectivity index (χ3v) is 3.58. The number of benzene rings is 1. The zero-order valence-electron chi connectivity index (χ0n) is 15.3. The van der Waals surface area contributed by atoms with E-state index in [-0.39, 0.29) is 5.91 Å². The molecule has 0 saturated heterocycles. The normalized spacial score (nSPS) is 11.1. The van der Waals surface area contributed by atoms with E-state index in [1.54, 1.807) is 36.1 Å². The molecule has 1 heterocycles. The first-order valence-electron chi connectivity index (χ1n) is 8.41. The van der Waals surface area contributed by atoms with E-state index in [0.717, 1.165) is 18.1 Å². The van der Waals surface area contributed by atoms with Crippen molar-refractivity contribution in [1.82, 2.24) is 30.7 Å². The van der Waals surface area contributed by atoms with E-state index in [4.69, 9.17) is 4.74 Å². The average molecular weight is 359 g/mol. The number of methoxy groups -OCH3 is 1. The fourth-order valence-electron chi connectivity index (χ4n) is 2.16. The molecule has 9 nitrogen and oxygen atoms in total. The summed E-state index contributed by atoms with van der Waals surface area (Å²) in [6, 6.07) is 6.98. The highest BCUT2D eigenvalue weighted by Gasteiger charge is 2.05. The molecule has 0 unspecified atom stereocenters. The molecule has 0 aliphatic carbocycles. The van der Waals surface area contributed by atoms with Crippen molar-refractivity contribution >= 4 is 11.9 Å². The van der Waals surface area contributed by atoms with Gasteiger partial charge < -0.3 is 20.7 Å². The zero-order valence-corrected chi connectivity index (χ0v) is 15.3. The Morgan fingerprint density at radius 3 is 2.54 bits per heavy atom. The van der Waals surface area contributed by atoms with Gasteiger partial charge in [-0.15, -0.1) is 0 Å². The van der Waals surface area contributed by atoms with Gasteiger partial charge in [0.2, 0.25) is 0 Å². The number of amides is 1. The van der Waals surface area contributed by atoms with Crippen LogP contribution in [-0.4, -0.2) is 53.4 Å². The molecule has 140 valence electrons. The van der Waals surface area contributed by atoms with Crippen molar-refractivity contribution in [3.05, 3.63) is 42.0 Å². The number of nitrogens with one attached hydrogen (secondary N) is 3. The van der Waals surface area contributed by atoms with E-state index >= 15 is 0 Å². The molecule has 2 aromatic rings. The third kappa shape index (κ3) is 5.76. The molecule has 0 aliphatic heterocycles. The summed E-state index contributed by atoms with van der Waals surface area (Å²) >= 11 is 0. The topological polar surface area (TPSA) is 105 Å². The van der Waals surface area contributed by atoms with E-state index < -0.39 is 0 Å². The molecule has 1 aromatic heterocycles. The zero-order chi connectivity index (χ0) is 18.8. The quantitative estimate of drug-likeness (QED) is 0.356. The molecule has 0 bridgehead atoms. The monoisotopic (exact) mass is 359 g/mol. The number of aryl methyl sites for hydroxylation is 1. The number of nitrogens with zero attached hydrogens (tertiary/aromatic N) is 4. The van der Waals surface area contributed by atoms with E-state index in [0.29, 0.717) is 31.2 Å². The van der Waals surface area contributed by atoms with Crippen LogP contribution in [0.25, 0.3) is 0 Å². The number of guanidine groups is 1. The van der Waals surface area contributed by atoms with E-state index in [1.807, 2.05) is 14.0 Å². The summed E-state index contributed by atoms with van der Waals surface area (Å²) < 4.78 is 6.76. The molecule has 0 aliphatic rings. The Kier molecular flexibility index (Phi) is 7.41. The van der Waals surface area contributed by atoms with Crippen LogP contribution in [0.2, 0.25) is 0 Å². The van der Waals surface area contributed by atoms with Gasteiger partial charge in [0.25, 0.3) is 5.91 Å². The predicted molar refractivity (Wildman–Crippen MR) is 99.1 cm³/mol. The van der Waals surface area contributed by atoms with Crippen LogP contribution in [0.5, 0.6) is 5.75 Å². The summed E-state index contributed by atoms with van der Waals surface area (Å²) in [5, 5.41) is 13.2. The lowest BCUT2D eigenvalue weighted by molar-refractivity contribution is 0.0954. The second kappa shape index (κ2) is 10.0. The highest BCUT2D eigenvalue weighted by atomic mass is 16.5. The van der Waals surface area contributed by atoms with E-state index in [9.17, 15) is 4.79 Å². The number of carbonyl (C=O) groups excluding carboxylic acids is 1. The first-order valence-corrected chi connectivity index (χ1v) is 8.41. The number of carbonyl (C=O) groups is 1. The number of aromatic nitrogens is 3. The maximum absolute atomic E-state index is 12.1. The number of aliphatic imine (C=N–C) groups is 1. The van der Waals surface area contributed by atoms with Crippen molar-refractivity contribution in [2.75, 3.05) is 26.7 Å². The van der Waals surface area contributed by atoms with Crippen molar-refractivity contribution < 1.29 is 9.53 Å². The van der Waals surface area contributed by atoms with Gasteiger partial charge in [-0.05, 0) is 31.2 Å². The Morgan fingerprint density at radius 1 is 1.19 bits per heavy atom. The molecule has 0 fully saturated rings. The standard InChI is InChI=1S/C17H25N7O2/c1-4-18-17(21-11-15-22-12-23-24(15)2)20-10-9-19-16(25)13-5-7-14(26-3)8-6-13/h5-8,12H,4,9-11H2,1-3H3,(H,19,25)(H2,18,20,21). The number of hydrogen-bond acceptors (Lipinski definition) is 5. The minimum absolute atomic E-state index is 0.129. The van der Waals surface area contributed by atoms with Crippen LogP contribution in [0.1, 0.15) is 23.1 Å². The smallest absolute Gasteiger partial charge is 0.251 e. The Hall–Kier alpha value is -3.10. The molecule has 0 atom stereocenters. The predicted octanol–water partition coefficient (Wildman–Crippen LogP) is 0.309. The lowest BCUT2D eigenvalue weighted by Crippen LogP contribution is -2.41. The molecular weight excluding hydrogens is 334 g/mol. The SMILES string of the molecule is CCNC(=NCc1ncnn1C)NCCNC(=O)c1ccc(OC)cc1. The summed E-state index contributed by atoms with van der Waals surface area (Å²) in [7, 11) is 3.42. The Morgan fingerprint density at radius 2 is 1.92 bits per heavy atom. The molecule has 0 radical (unpaired) electrons. The fourth-order valence-corrected chi connectivity index (χ4v) is 2.16. The van der Waals surface area contributed by atoms with Gasteiger partial charge in [-0.1, -0.05) is 0 Å². The van der Waals surface area contributed by atoms with E-state index in [1.165, 1.54) is 6.33 Å². The Labute approximate surface area is 152 Å². The molecule has 2 rings (SSSR count). The number of rotatable bonds is 8. The van der Waals surface area contributed by atoms with Gasteiger partial charge in [0.05, 0.1) is 7.11 Å². The van der Waals surface area contributed by atoms with Crippen LogP contribution in [0.3, 0.4) is 0 Å². The molecular formula is C17H25N7O2. The first kappa shape index (κ1) is 19.2. The molecule has 1 amide bonds. The van der Waals surface area contributed by atoms with Crippen LogP contribution in [0.15, 0.2) is 35.6 Å². The molecule has 26 heavy (non-hydrogen) atoms. The Bertz CT molecular complexity index is 725. The minimum Gasteiger partial charge on any atom is -0.497 e. The van der Waals surface area contributed by atoms with Gasteiger partial charge in [-0.25, -0.2) is 9.98 Å². The average Bonchev–Trinajstić information content (AvgIpc) is 3.07. The van der Waals surface area contributed by atoms with Crippen LogP contribution < -0.4 is 20.7 Å². The van der Waals surface area contributed by atoms with Gasteiger partial charge in [0.15, 0.2) is 5.96 Å².